The van der Waals surface area contributed by atoms with Crippen LogP contribution in [0, 0.1) is 11.3 Å². The molecular weight excluding hydrogens is 226 g/mol. The van der Waals surface area contributed by atoms with E-state index in [4.69, 9.17) is 9.47 Å². The molecule has 0 aliphatic carbocycles. The van der Waals surface area contributed by atoms with E-state index in [2.05, 4.69) is 33.0 Å². The molecule has 1 fully saturated rings. The van der Waals surface area contributed by atoms with Crippen LogP contribution in [0.1, 0.15) is 47.0 Å². The first kappa shape index (κ1) is 15.9. The van der Waals surface area contributed by atoms with E-state index in [1.54, 1.807) is 0 Å². The van der Waals surface area contributed by atoms with Gasteiger partial charge in [-0.2, -0.15) is 0 Å². The molecule has 0 spiro atoms. The Hall–Kier alpha value is -0.120. The predicted octanol–water partition coefficient (Wildman–Crippen LogP) is 2.84. The highest BCUT2D eigenvalue weighted by molar-refractivity contribution is 4.91. The van der Waals surface area contributed by atoms with Gasteiger partial charge in [-0.15, -0.1) is 0 Å². The second kappa shape index (κ2) is 7.46. The van der Waals surface area contributed by atoms with Gasteiger partial charge in [0.15, 0.2) is 0 Å². The van der Waals surface area contributed by atoms with Gasteiger partial charge in [0.25, 0.3) is 0 Å². The average Bonchev–Trinajstić information content (AvgIpc) is 2.34. The molecule has 0 aromatic rings. The lowest BCUT2D eigenvalue weighted by atomic mass is 9.77. The van der Waals surface area contributed by atoms with Crippen LogP contribution in [-0.2, 0) is 9.47 Å². The smallest absolute Gasteiger partial charge is 0.0775 e. The molecular formula is C15H31NO2. The van der Waals surface area contributed by atoms with Crippen LogP contribution in [0.15, 0.2) is 0 Å². The van der Waals surface area contributed by atoms with Crippen molar-refractivity contribution in [3.05, 3.63) is 0 Å². The van der Waals surface area contributed by atoms with Gasteiger partial charge in [0.1, 0.15) is 0 Å². The quantitative estimate of drug-likeness (QED) is 0.793. The van der Waals surface area contributed by atoms with Crippen LogP contribution in [0.2, 0.25) is 0 Å². The molecule has 2 atom stereocenters. The summed E-state index contributed by atoms with van der Waals surface area (Å²) < 4.78 is 11.3. The van der Waals surface area contributed by atoms with E-state index in [-0.39, 0.29) is 11.5 Å². The molecule has 0 amide bonds. The SMILES string of the molecule is CCCNC(C1CCOCC1)C(OC)C(C)(C)C. The first-order valence-corrected chi connectivity index (χ1v) is 7.34. The molecule has 2 unspecified atom stereocenters. The highest BCUT2D eigenvalue weighted by atomic mass is 16.5. The monoisotopic (exact) mass is 257 g/mol. The zero-order chi connectivity index (χ0) is 13.6. The van der Waals surface area contributed by atoms with Crippen molar-refractivity contribution in [2.75, 3.05) is 26.9 Å². The summed E-state index contributed by atoms with van der Waals surface area (Å²) in [6, 6.07) is 0.443. The lowest BCUT2D eigenvalue weighted by molar-refractivity contribution is -0.0451. The van der Waals surface area contributed by atoms with Crippen LogP contribution in [0.3, 0.4) is 0 Å². The minimum Gasteiger partial charge on any atom is -0.381 e. The van der Waals surface area contributed by atoms with Crippen LogP contribution in [0.25, 0.3) is 0 Å². The molecule has 3 heteroatoms. The molecule has 18 heavy (non-hydrogen) atoms. The minimum atomic E-state index is 0.165. The highest BCUT2D eigenvalue weighted by Crippen LogP contribution is 2.31. The molecule has 1 N–H and O–H groups in total. The van der Waals surface area contributed by atoms with Crippen LogP contribution in [0.4, 0.5) is 0 Å². The van der Waals surface area contributed by atoms with Gasteiger partial charge in [-0.3, -0.25) is 0 Å². The summed E-state index contributed by atoms with van der Waals surface area (Å²) in [5.41, 5.74) is 0.165. The molecule has 108 valence electrons. The normalized spacial score (nSPS) is 21.8. The highest BCUT2D eigenvalue weighted by Gasteiger charge is 2.37. The first-order chi connectivity index (χ1) is 8.50. The number of hydrogen-bond donors (Lipinski definition) is 1. The van der Waals surface area contributed by atoms with Crippen molar-refractivity contribution in [3.8, 4) is 0 Å². The molecule has 0 radical (unpaired) electrons. The molecule has 1 aliphatic rings. The summed E-state index contributed by atoms with van der Waals surface area (Å²) in [5, 5.41) is 3.72. The maximum Gasteiger partial charge on any atom is 0.0775 e. The van der Waals surface area contributed by atoms with E-state index in [0.717, 1.165) is 32.6 Å². The minimum absolute atomic E-state index is 0.165. The molecule has 1 aliphatic heterocycles. The Kier molecular flexibility index (Phi) is 6.61. The molecule has 0 aromatic carbocycles. The van der Waals surface area contributed by atoms with E-state index >= 15 is 0 Å². The van der Waals surface area contributed by atoms with Crippen LogP contribution in [-0.4, -0.2) is 39.0 Å². The number of ether oxygens (including phenoxy) is 2. The molecule has 1 saturated heterocycles. The van der Waals surface area contributed by atoms with Crippen molar-refractivity contribution in [2.45, 2.75) is 59.1 Å². The number of nitrogens with one attached hydrogen (secondary N) is 1. The van der Waals surface area contributed by atoms with Crippen molar-refractivity contribution in [1.82, 2.24) is 5.32 Å². The molecule has 0 bridgehead atoms. The largest absolute Gasteiger partial charge is 0.381 e. The van der Waals surface area contributed by atoms with Crippen molar-refractivity contribution in [1.29, 1.82) is 0 Å². The third-order valence-electron chi connectivity index (χ3n) is 3.84. The van der Waals surface area contributed by atoms with E-state index in [1.807, 2.05) is 7.11 Å². The second-order valence-electron chi connectivity index (χ2n) is 6.45. The van der Waals surface area contributed by atoms with Crippen LogP contribution in [0.5, 0.6) is 0 Å². The standard InChI is InChI=1S/C15H31NO2/c1-6-9-16-13(12-7-10-18-11-8-12)14(17-5)15(2,3)4/h12-14,16H,6-11H2,1-5H3. The average molecular weight is 257 g/mol. The molecule has 3 nitrogen and oxygen atoms in total. The first-order valence-electron chi connectivity index (χ1n) is 7.34. The fraction of sp³-hybridized carbons (Fsp3) is 1.00. The van der Waals surface area contributed by atoms with E-state index in [9.17, 15) is 0 Å². The fourth-order valence-corrected chi connectivity index (χ4v) is 2.95. The lowest BCUT2D eigenvalue weighted by Crippen LogP contribution is -2.53. The van der Waals surface area contributed by atoms with Gasteiger partial charge in [-0.05, 0) is 37.1 Å². The number of methoxy groups -OCH3 is 1. The number of rotatable bonds is 6. The summed E-state index contributed by atoms with van der Waals surface area (Å²) in [7, 11) is 1.84. The zero-order valence-corrected chi connectivity index (χ0v) is 12.8. The van der Waals surface area contributed by atoms with Crippen molar-refractivity contribution >= 4 is 0 Å². The van der Waals surface area contributed by atoms with Crippen molar-refractivity contribution in [3.63, 3.8) is 0 Å². The second-order valence-corrected chi connectivity index (χ2v) is 6.45. The summed E-state index contributed by atoms with van der Waals surface area (Å²) in [5.74, 6) is 0.675. The molecule has 1 heterocycles. The molecule has 0 saturated carbocycles. The van der Waals surface area contributed by atoms with Gasteiger partial charge in [-0.25, -0.2) is 0 Å². The fourth-order valence-electron chi connectivity index (χ4n) is 2.95. The lowest BCUT2D eigenvalue weighted by Gasteiger charge is -2.41. The summed E-state index contributed by atoms with van der Waals surface area (Å²) >= 11 is 0. The topological polar surface area (TPSA) is 30.5 Å². The molecule has 0 aromatic heterocycles. The van der Waals surface area contributed by atoms with Gasteiger partial charge in [0.2, 0.25) is 0 Å². The van der Waals surface area contributed by atoms with E-state index < -0.39 is 0 Å². The number of hydrogen-bond acceptors (Lipinski definition) is 3. The van der Waals surface area contributed by atoms with E-state index in [1.165, 1.54) is 6.42 Å². The summed E-state index contributed by atoms with van der Waals surface area (Å²) in [6.07, 6.45) is 3.72. The van der Waals surface area contributed by atoms with Crippen molar-refractivity contribution < 1.29 is 9.47 Å². The maximum absolute atomic E-state index is 5.82. The van der Waals surface area contributed by atoms with Gasteiger partial charge in [0, 0.05) is 26.4 Å². The summed E-state index contributed by atoms with van der Waals surface area (Å²) in [4.78, 5) is 0. The Morgan fingerprint density at radius 3 is 2.33 bits per heavy atom. The maximum atomic E-state index is 5.82. The van der Waals surface area contributed by atoms with Crippen LogP contribution < -0.4 is 5.32 Å². The van der Waals surface area contributed by atoms with Gasteiger partial charge in [0.05, 0.1) is 6.10 Å². The van der Waals surface area contributed by atoms with Gasteiger partial charge < -0.3 is 14.8 Å². The van der Waals surface area contributed by atoms with Crippen molar-refractivity contribution in [2.24, 2.45) is 11.3 Å². The predicted molar refractivity (Wildman–Crippen MR) is 75.9 cm³/mol. The van der Waals surface area contributed by atoms with Gasteiger partial charge in [-0.1, -0.05) is 27.7 Å². The van der Waals surface area contributed by atoms with Crippen LogP contribution >= 0.6 is 0 Å². The third-order valence-corrected chi connectivity index (χ3v) is 3.84. The van der Waals surface area contributed by atoms with E-state index in [0.29, 0.717) is 12.0 Å². The Morgan fingerprint density at radius 2 is 1.89 bits per heavy atom. The van der Waals surface area contributed by atoms with Gasteiger partial charge >= 0.3 is 0 Å². The summed E-state index contributed by atoms with van der Waals surface area (Å²) in [6.45, 7) is 11.9. The Balaban J connectivity index is 2.73. The molecule has 1 rings (SSSR count). The third kappa shape index (κ3) is 4.52. The zero-order valence-electron chi connectivity index (χ0n) is 12.8. The Morgan fingerprint density at radius 1 is 1.28 bits per heavy atom. The Bertz CT molecular complexity index is 219. The Labute approximate surface area is 113 Å².